The molecule has 1 amide bonds. The van der Waals surface area contributed by atoms with Gasteiger partial charge in [-0.3, -0.25) is 4.79 Å². The molecule has 4 rings (SSSR count). The van der Waals surface area contributed by atoms with Crippen LogP contribution in [-0.2, 0) is 4.79 Å². The van der Waals surface area contributed by atoms with Crippen LogP contribution in [0.4, 0.5) is 5.13 Å². The van der Waals surface area contributed by atoms with Crippen LogP contribution in [0.3, 0.4) is 0 Å². The van der Waals surface area contributed by atoms with Crippen LogP contribution < -0.4 is 11.2 Å². The van der Waals surface area contributed by atoms with E-state index in [4.69, 9.17) is 29.0 Å². The Labute approximate surface area is 190 Å². The minimum atomic E-state index is -0.219. The number of anilines is 1. The first-order valence-corrected chi connectivity index (χ1v) is 11.2. The number of nitrogen functional groups attached to an aromatic ring is 1. The normalized spacial score (nSPS) is 10.9. The number of carbonyl (C=O) groups excluding carboxylic acids is 1. The molecule has 0 atom stereocenters. The molecule has 2 aromatic heterocycles. The summed E-state index contributed by atoms with van der Waals surface area (Å²) in [6.45, 7) is 0. The molecule has 2 aromatic carbocycles. The molecule has 152 valence electrons. The SMILES string of the molecule is Nn1c(SCC(=O)Nc2nc(-c3ccccc3)cs2)nnc1-c1ccc(Cl)cc1Cl. The van der Waals surface area contributed by atoms with Crippen molar-refractivity contribution >= 4 is 57.3 Å². The van der Waals surface area contributed by atoms with Gasteiger partial charge >= 0.3 is 0 Å². The highest BCUT2D eigenvalue weighted by Gasteiger charge is 2.16. The van der Waals surface area contributed by atoms with Gasteiger partial charge in [0.25, 0.3) is 0 Å². The first-order chi connectivity index (χ1) is 14.5. The number of hydrogen-bond acceptors (Lipinski definition) is 7. The van der Waals surface area contributed by atoms with Crippen LogP contribution in [0.1, 0.15) is 0 Å². The van der Waals surface area contributed by atoms with Gasteiger partial charge in [-0.1, -0.05) is 65.3 Å². The minimum Gasteiger partial charge on any atom is -0.335 e. The summed E-state index contributed by atoms with van der Waals surface area (Å²) in [6, 6.07) is 14.8. The van der Waals surface area contributed by atoms with Crippen molar-refractivity contribution in [3.63, 3.8) is 0 Å². The van der Waals surface area contributed by atoms with Gasteiger partial charge in [0.05, 0.1) is 16.5 Å². The Hall–Kier alpha value is -2.59. The number of rotatable bonds is 6. The fourth-order valence-corrected chi connectivity index (χ4v) is 4.47. The van der Waals surface area contributed by atoms with Crippen LogP contribution in [-0.4, -0.2) is 31.5 Å². The summed E-state index contributed by atoms with van der Waals surface area (Å²) in [5.74, 6) is 6.35. The van der Waals surface area contributed by atoms with E-state index in [0.29, 0.717) is 31.7 Å². The fourth-order valence-electron chi connectivity index (χ4n) is 2.59. The fraction of sp³-hybridized carbons (Fsp3) is 0.0526. The topological polar surface area (TPSA) is 98.7 Å². The van der Waals surface area contributed by atoms with Crippen molar-refractivity contribution in [3.8, 4) is 22.6 Å². The van der Waals surface area contributed by atoms with E-state index >= 15 is 0 Å². The zero-order chi connectivity index (χ0) is 21.1. The monoisotopic (exact) mass is 476 g/mol. The molecule has 7 nitrogen and oxygen atoms in total. The molecule has 11 heteroatoms. The number of hydrogen-bond donors (Lipinski definition) is 2. The second-order valence-electron chi connectivity index (χ2n) is 6.04. The van der Waals surface area contributed by atoms with Crippen LogP contribution in [0, 0.1) is 0 Å². The highest BCUT2D eigenvalue weighted by Crippen LogP contribution is 2.30. The van der Waals surface area contributed by atoms with Gasteiger partial charge < -0.3 is 11.2 Å². The quantitative estimate of drug-likeness (QED) is 0.305. The highest BCUT2D eigenvalue weighted by atomic mass is 35.5. The number of benzene rings is 2. The number of nitrogens with zero attached hydrogens (tertiary/aromatic N) is 4. The Bertz CT molecular complexity index is 1190. The lowest BCUT2D eigenvalue weighted by atomic mass is 10.2. The predicted octanol–water partition coefficient (Wildman–Crippen LogP) is 4.82. The molecule has 4 aromatic rings. The third kappa shape index (κ3) is 4.59. The van der Waals surface area contributed by atoms with Gasteiger partial charge in [0, 0.05) is 21.5 Å². The second-order valence-corrected chi connectivity index (χ2v) is 8.69. The van der Waals surface area contributed by atoms with Crippen LogP contribution in [0.25, 0.3) is 22.6 Å². The van der Waals surface area contributed by atoms with E-state index in [1.165, 1.54) is 16.0 Å². The molecule has 3 N–H and O–H groups in total. The number of aromatic nitrogens is 4. The van der Waals surface area contributed by atoms with Crippen LogP contribution in [0.2, 0.25) is 10.0 Å². The van der Waals surface area contributed by atoms with Gasteiger partial charge in [-0.25, -0.2) is 9.66 Å². The van der Waals surface area contributed by atoms with Gasteiger partial charge in [-0.05, 0) is 18.2 Å². The maximum Gasteiger partial charge on any atom is 0.236 e. The first-order valence-electron chi connectivity index (χ1n) is 8.61. The number of thiazole rings is 1. The Balaban J connectivity index is 1.39. The van der Waals surface area contributed by atoms with Gasteiger partial charge in [0.2, 0.25) is 11.1 Å². The molecular formula is C19H14Cl2N6OS2. The summed E-state index contributed by atoms with van der Waals surface area (Å²) >= 11 is 14.7. The summed E-state index contributed by atoms with van der Waals surface area (Å²) in [5.41, 5.74) is 2.41. The number of nitrogens with one attached hydrogen (secondary N) is 1. The number of carbonyl (C=O) groups is 1. The standard InChI is InChI=1S/C19H14Cl2N6OS2/c20-12-6-7-13(14(21)8-12)17-25-26-19(27(17)22)30-10-16(28)24-18-23-15(9-29-18)11-4-2-1-3-5-11/h1-9H,10,22H2,(H,23,24,28). The van der Waals surface area contributed by atoms with Crippen LogP contribution in [0.15, 0.2) is 59.1 Å². The largest absolute Gasteiger partial charge is 0.335 e. The molecule has 0 aliphatic heterocycles. The molecular weight excluding hydrogens is 463 g/mol. The zero-order valence-corrected chi connectivity index (χ0v) is 18.4. The molecule has 2 heterocycles. The molecule has 0 unspecified atom stereocenters. The summed E-state index contributed by atoms with van der Waals surface area (Å²) < 4.78 is 1.30. The van der Waals surface area contributed by atoms with Gasteiger partial charge in [0.15, 0.2) is 11.0 Å². The van der Waals surface area contributed by atoms with Crippen LogP contribution >= 0.6 is 46.3 Å². The van der Waals surface area contributed by atoms with E-state index in [1.807, 2.05) is 35.7 Å². The molecule has 0 saturated heterocycles. The van der Waals surface area contributed by atoms with Gasteiger partial charge in [-0.15, -0.1) is 21.5 Å². The van der Waals surface area contributed by atoms with E-state index < -0.39 is 0 Å². The summed E-state index contributed by atoms with van der Waals surface area (Å²) in [7, 11) is 0. The second kappa shape index (κ2) is 9.05. The lowest BCUT2D eigenvalue weighted by molar-refractivity contribution is -0.113. The Morgan fingerprint density at radius 3 is 2.73 bits per heavy atom. The molecule has 0 aliphatic carbocycles. The smallest absolute Gasteiger partial charge is 0.236 e. The predicted molar refractivity (Wildman–Crippen MR) is 123 cm³/mol. The molecule has 0 bridgehead atoms. The number of thioether (sulfide) groups is 1. The minimum absolute atomic E-state index is 0.101. The average molecular weight is 477 g/mol. The van der Waals surface area contributed by atoms with Crippen molar-refractivity contribution in [2.24, 2.45) is 0 Å². The molecule has 0 saturated carbocycles. The molecule has 0 radical (unpaired) electrons. The average Bonchev–Trinajstić information content (AvgIpc) is 3.34. The van der Waals surface area contributed by atoms with Crippen molar-refractivity contribution in [2.45, 2.75) is 5.16 Å². The lowest BCUT2D eigenvalue weighted by Crippen LogP contribution is -2.16. The maximum absolute atomic E-state index is 12.3. The van der Waals surface area contributed by atoms with E-state index in [9.17, 15) is 4.79 Å². The van der Waals surface area contributed by atoms with E-state index in [1.54, 1.807) is 18.2 Å². The third-order valence-electron chi connectivity index (χ3n) is 3.99. The molecule has 0 spiro atoms. The molecule has 30 heavy (non-hydrogen) atoms. The Morgan fingerprint density at radius 1 is 1.17 bits per heavy atom. The third-order valence-corrected chi connectivity index (χ3v) is 6.24. The van der Waals surface area contributed by atoms with Crippen molar-refractivity contribution in [1.29, 1.82) is 0 Å². The van der Waals surface area contributed by atoms with Crippen molar-refractivity contribution in [1.82, 2.24) is 19.9 Å². The molecule has 0 aliphatic rings. The van der Waals surface area contributed by atoms with Gasteiger partial charge in [-0.2, -0.15) is 0 Å². The Kier molecular flexibility index (Phi) is 6.24. The van der Waals surface area contributed by atoms with Crippen molar-refractivity contribution < 1.29 is 4.79 Å². The van der Waals surface area contributed by atoms with Crippen molar-refractivity contribution in [3.05, 3.63) is 64.0 Å². The van der Waals surface area contributed by atoms with E-state index in [0.717, 1.165) is 23.0 Å². The van der Waals surface area contributed by atoms with Crippen LogP contribution in [0.5, 0.6) is 0 Å². The van der Waals surface area contributed by atoms with Crippen molar-refractivity contribution in [2.75, 3.05) is 16.9 Å². The summed E-state index contributed by atoms with van der Waals surface area (Å²) in [5, 5.41) is 14.6. The maximum atomic E-state index is 12.3. The highest BCUT2D eigenvalue weighted by molar-refractivity contribution is 7.99. The number of nitrogens with two attached hydrogens (primary N) is 1. The summed E-state index contributed by atoms with van der Waals surface area (Å²) in [6.07, 6.45) is 0. The number of halogens is 2. The van der Waals surface area contributed by atoms with Gasteiger partial charge in [0.1, 0.15) is 0 Å². The summed E-state index contributed by atoms with van der Waals surface area (Å²) in [4.78, 5) is 16.8. The van der Waals surface area contributed by atoms with E-state index in [2.05, 4.69) is 20.5 Å². The zero-order valence-electron chi connectivity index (χ0n) is 15.3. The van der Waals surface area contributed by atoms with E-state index in [-0.39, 0.29) is 11.7 Å². The lowest BCUT2D eigenvalue weighted by Gasteiger charge is -2.05. The number of amides is 1. The first kappa shape index (κ1) is 20.7. The molecule has 0 fully saturated rings. The Morgan fingerprint density at radius 2 is 1.97 bits per heavy atom.